The number of nitro benzene ring substituents is 1. The van der Waals surface area contributed by atoms with Crippen LogP contribution in [0.25, 0.3) is 0 Å². The number of hydrogen-bond donors (Lipinski definition) is 1. The van der Waals surface area contributed by atoms with Crippen LogP contribution in [0.5, 0.6) is 11.5 Å². The van der Waals surface area contributed by atoms with Crippen LogP contribution in [0.3, 0.4) is 0 Å². The fraction of sp³-hybridized carbons (Fsp3) is 0.500. The minimum Gasteiger partial charge on any atom is -0.493 e. The van der Waals surface area contributed by atoms with Crippen molar-refractivity contribution in [2.75, 3.05) is 27.4 Å². The molecule has 0 aliphatic heterocycles. The molecule has 138 valence electrons. The topological polar surface area (TPSA) is 117 Å². The van der Waals surface area contributed by atoms with Gasteiger partial charge in [-0.2, -0.15) is 0 Å². The molecule has 25 heavy (non-hydrogen) atoms. The summed E-state index contributed by atoms with van der Waals surface area (Å²) in [6.07, 6.45) is 0.792. The van der Waals surface area contributed by atoms with Gasteiger partial charge in [0.2, 0.25) is 0 Å². The van der Waals surface area contributed by atoms with Crippen molar-refractivity contribution in [1.29, 1.82) is 0 Å². The Balaban J connectivity index is 2.83. The molecule has 0 saturated heterocycles. The van der Waals surface area contributed by atoms with E-state index in [2.05, 4.69) is 5.32 Å². The second kappa shape index (κ2) is 9.45. The van der Waals surface area contributed by atoms with Crippen molar-refractivity contribution in [2.24, 2.45) is 5.92 Å². The molecule has 0 spiro atoms. The molecule has 0 aliphatic rings. The van der Waals surface area contributed by atoms with Crippen LogP contribution < -0.4 is 14.8 Å². The van der Waals surface area contributed by atoms with Crippen LogP contribution in [0.4, 0.5) is 5.69 Å². The summed E-state index contributed by atoms with van der Waals surface area (Å²) in [7, 11) is 2.65. The predicted octanol–water partition coefficient (Wildman–Crippen LogP) is 1.93. The molecule has 0 heterocycles. The minimum absolute atomic E-state index is 0.108. The van der Waals surface area contributed by atoms with Gasteiger partial charge in [0.25, 0.3) is 11.6 Å². The van der Waals surface area contributed by atoms with E-state index in [4.69, 9.17) is 14.2 Å². The van der Waals surface area contributed by atoms with Crippen LogP contribution in [-0.4, -0.2) is 44.2 Å². The third kappa shape index (κ3) is 5.94. The summed E-state index contributed by atoms with van der Waals surface area (Å²) in [6, 6.07) is 2.22. The molecule has 1 amide bonds. The Morgan fingerprint density at radius 2 is 1.80 bits per heavy atom. The second-order valence-corrected chi connectivity index (χ2v) is 5.59. The largest absolute Gasteiger partial charge is 0.493 e. The lowest BCUT2D eigenvalue weighted by atomic mass is 10.1. The van der Waals surface area contributed by atoms with Gasteiger partial charge in [-0.25, -0.2) is 4.79 Å². The molecule has 1 aromatic carbocycles. The number of methoxy groups -OCH3 is 2. The fourth-order valence-corrected chi connectivity index (χ4v) is 1.94. The average Bonchev–Trinajstić information content (AvgIpc) is 2.57. The summed E-state index contributed by atoms with van der Waals surface area (Å²) in [6.45, 7) is 3.97. The minimum atomic E-state index is -0.994. The van der Waals surface area contributed by atoms with Crippen molar-refractivity contribution < 1.29 is 28.7 Å². The quantitative estimate of drug-likeness (QED) is 0.409. The normalized spacial score (nSPS) is 10.3. The zero-order chi connectivity index (χ0) is 19.0. The first kappa shape index (κ1) is 20.2. The first-order valence-electron chi connectivity index (χ1n) is 7.64. The summed E-state index contributed by atoms with van der Waals surface area (Å²) in [4.78, 5) is 34.2. The highest BCUT2D eigenvalue weighted by Crippen LogP contribution is 2.34. The van der Waals surface area contributed by atoms with Crippen LogP contribution in [0, 0.1) is 16.0 Å². The summed E-state index contributed by atoms with van der Waals surface area (Å²) in [5.41, 5.74) is -0.819. The highest BCUT2D eigenvalue weighted by Gasteiger charge is 2.26. The summed E-state index contributed by atoms with van der Waals surface area (Å²) < 4.78 is 14.9. The maximum Gasteiger partial charge on any atom is 0.345 e. The number of benzene rings is 1. The smallest absolute Gasteiger partial charge is 0.345 e. The van der Waals surface area contributed by atoms with Crippen molar-refractivity contribution in [2.45, 2.75) is 20.3 Å². The molecular formula is C16H22N2O7. The number of hydrogen-bond acceptors (Lipinski definition) is 7. The van der Waals surface area contributed by atoms with E-state index in [0.29, 0.717) is 12.5 Å². The van der Waals surface area contributed by atoms with Crippen molar-refractivity contribution in [3.8, 4) is 11.5 Å². The van der Waals surface area contributed by atoms with Gasteiger partial charge >= 0.3 is 5.97 Å². The van der Waals surface area contributed by atoms with Gasteiger partial charge in [0.1, 0.15) is 5.56 Å². The van der Waals surface area contributed by atoms with E-state index in [0.717, 1.165) is 18.6 Å². The number of nitrogens with one attached hydrogen (secondary N) is 1. The highest BCUT2D eigenvalue weighted by molar-refractivity contribution is 5.96. The molecule has 0 radical (unpaired) electrons. The van der Waals surface area contributed by atoms with Crippen LogP contribution >= 0.6 is 0 Å². The number of nitrogens with zero attached hydrogens (tertiary/aromatic N) is 1. The molecule has 0 fully saturated rings. The maximum atomic E-state index is 12.1. The van der Waals surface area contributed by atoms with Gasteiger partial charge in [-0.3, -0.25) is 14.9 Å². The lowest BCUT2D eigenvalue weighted by molar-refractivity contribution is -0.385. The first-order valence-corrected chi connectivity index (χ1v) is 7.64. The van der Waals surface area contributed by atoms with Crippen molar-refractivity contribution in [3.63, 3.8) is 0 Å². The number of esters is 1. The number of carbonyl (C=O) groups excluding carboxylic acids is 2. The number of rotatable bonds is 9. The predicted molar refractivity (Wildman–Crippen MR) is 88.9 cm³/mol. The van der Waals surface area contributed by atoms with Crippen molar-refractivity contribution in [3.05, 3.63) is 27.8 Å². The molecule has 0 bridgehead atoms. The van der Waals surface area contributed by atoms with Crippen molar-refractivity contribution in [1.82, 2.24) is 5.32 Å². The maximum absolute atomic E-state index is 12.1. The molecule has 0 atom stereocenters. The molecular weight excluding hydrogens is 332 g/mol. The Hall–Kier alpha value is -2.84. The van der Waals surface area contributed by atoms with Crippen LogP contribution in [-0.2, 0) is 9.53 Å². The van der Waals surface area contributed by atoms with Gasteiger partial charge in [-0.15, -0.1) is 0 Å². The second-order valence-electron chi connectivity index (χ2n) is 5.59. The lowest BCUT2D eigenvalue weighted by Gasteiger charge is -2.11. The molecule has 1 aromatic rings. The zero-order valence-corrected chi connectivity index (χ0v) is 14.7. The molecule has 9 nitrogen and oxygen atoms in total. The van der Waals surface area contributed by atoms with Gasteiger partial charge in [0, 0.05) is 12.6 Å². The Bertz CT molecular complexity index is 644. The Kier molecular flexibility index (Phi) is 7.64. The number of ether oxygens (including phenoxy) is 3. The number of carbonyl (C=O) groups is 2. The average molecular weight is 354 g/mol. The molecule has 0 saturated carbocycles. The van der Waals surface area contributed by atoms with Gasteiger partial charge < -0.3 is 19.5 Å². The first-order chi connectivity index (χ1) is 11.8. The summed E-state index contributed by atoms with van der Waals surface area (Å²) >= 11 is 0. The molecule has 0 unspecified atom stereocenters. The molecule has 1 rings (SSSR count). The standard InChI is InChI=1S/C16H22N2O7/c1-10(2)5-6-17-15(19)9-25-16(20)11-7-13(23-3)14(24-4)8-12(11)18(21)22/h7-8,10H,5-6,9H2,1-4H3,(H,17,19). The lowest BCUT2D eigenvalue weighted by Crippen LogP contribution is -2.30. The Morgan fingerprint density at radius 1 is 1.20 bits per heavy atom. The molecule has 0 aromatic heterocycles. The van der Waals surface area contributed by atoms with E-state index in [1.54, 1.807) is 0 Å². The Morgan fingerprint density at radius 3 is 2.32 bits per heavy atom. The number of nitro groups is 1. The highest BCUT2D eigenvalue weighted by atomic mass is 16.6. The van der Waals surface area contributed by atoms with E-state index >= 15 is 0 Å². The van der Waals surface area contributed by atoms with Crippen LogP contribution in [0.1, 0.15) is 30.6 Å². The van der Waals surface area contributed by atoms with Crippen LogP contribution in [0.2, 0.25) is 0 Å². The van der Waals surface area contributed by atoms with E-state index in [1.165, 1.54) is 14.2 Å². The Labute approximate surface area is 145 Å². The molecule has 0 aliphatic carbocycles. The fourth-order valence-electron chi connectivity index (χ4n) is 1.94. The van der Waals surface area contributed by atoms with Gasteiger partial charge in [-0.05, 0) is 12.3 Å². The van der Waals surface area contributed by atoms with Gasteiger partial charge in [-0.1, -0.05) is 13.8 Å². The zero-order valence-electron chi connectivity index (χ0n) is 14.7. The summed E-state index contributed by atoms with van der Waals surface area (Å²) in [5.74, 6) is -0.792. The molecule has 1 N–H and O–H groups in total. The third-order valence-corrected chi connectivity index (χ3v) is 3.30. The van der Waals surface area contributed by atoms with E-state index in [9.17, 15) is 19.7 Å². The van der Waals surface area contributed by atoms with E-state index in [-0.39, 0.29) is 17.1 Å². The van der Waals surface area contributed by atoms with E-state index in [1.807, 2.05) is 13.8 Å². The third-order valence-electron chi connectivity index (χ3n) is 3.30. The van der Waals surface area contributed by atoms with Gasteiger partial charge in [0.05, 0.1) is 25.2 Å². The summed E-state index contributed by atoms with van der Waals surface area (Å²) in [5, 5.41) is 13.8. The SMILES string of the molecule is COc1cc(C(=O)OCC(=O)NCCC(C)C)c([N+](=O)[O-])cc1OC. The van der Waals surface area contributed by atoms with Crippen LogP contribution in [0.15, 0.2) is 12.1 Å². The van der Waals surface area contributed by atoms with Gasteiger partial charge in [0.15, 0.2) is 18.1 Å². The number of amides is 1. The molecule has 9 heteroatoms. The monoisotopic (exact) mass is 354 g/mol. The van der Waals surface area contributed by atoms with Crippen molar-refractivity contribution >= 4 is 17.6 Å². The van der Waals surface area contributed by atoms with E-state index < -0.39 is 29.1 Å².